The van der Waals surface area contributed by atoms with E-state index >= 15 is 0 Å². The highest BCUT2D eigenvalue weighted by Crippen LogP contribution is 2.14. The standard InChI is InChI=1S/C25H42N2O2S/c1-18(2)11-9-12-20(5)13-10-14-21(6)15-16-30-17-24(23(8)28)27-25(29)22(7)26-19(3)4/h11,13,15,22,24,26,28H,3,8-10,12,14,16-17H2,1-2,4-7H3,(H,27,29)/b20-13+,21-15+. The molecule has 0 aromatic heterocycles. The number of thioether (sulfide) groups is 1. The van der Waals surface area contributed by atoms with E-state index in [0.29, 0.717) is 5.75 Å². The van der Waals surface area contributed by atoms with E-state index in [1.165, 1.54) is 16.7 Å². The second-order valence-electron chi connectivity index (χ2n) is 8.20. The van der Waals surface area contributed by atoms with Gasteiger partial charge in [0.2, 0.25) is 5.91 Å². The minimum Gasteiger partial charge on any atom is -0.511 e. The first-order valence-electron chi connectivity index (χ1n) is 10.7. The smallest absolute Gasteiger partial charge is 0.242 e. The number of hydrogen-bond acceptors (Lipinski definition) is 4. The highest BCUT2D eigenvalue weighted by molar-refractivity contribution is 7.99. The summed E-state index contributed by atoms with van der Waals surface area (Å²) in [6.45, 7) is 19.5. The van der Waals surface area contributed by atoms with Crippen LogP contribution in [0.25, 0.3) is 0 Å². The highest BCUT2D eigenvalue weighted by atomic mass is 32.2. The zero-order valence-corrected chi connectivity index (χ0v) is 20.6. The fourth-order valence-electron chi connectivity index (χ4n) is 2.68. The third-order valence-electron chi connectivity index (χ3n) is 4.53. The Morgan fingerprint density at radius 2 is 1.53 bits per heavy atom. The molecular weight excluding hydrogens is 392 g/mol. The van der Waals surface area contributed by atoms with Crippen LogP contribution >= 0.6 is 11.8 Å². The van der Waals surface area contributed by atoms with Gasteiger partial charge in [0.15, 0.2) is 0 Å². The van der Waals surface area contributed by atoms with E-state index in [-0.39, 0.29) is 11.7 Å². The second-order valence-corrected chi connectivity index (χ2v) is 9.27. The minimum absolute atomic E-state index is 0.0206. The number of aliphatic hydroxyl groups is 1. The van der Waals surface area contributed by atoms with Crippen molar-refractivity contribution in [3.05, 3.63) is 59.6 Å². The van der Waals surface area contributed by atoms with Gasteiger partial charge in [-0.05, 0) is 67.2 Å². The lowest BCUT2D eigenvalue weighted by molar-refractivity contribution is -0.123. The maximum absolute atomic E-state index is 12.2. The van der Waals surface area contributed by atoms with Crippen molar-refractivity contribution in [2.24, 2.45) is 0 Å². The maximum atomic E-state index is 12.2. The molecule has 0 radical (unpaired) electrons. The Hall–Kier alpha value is -1.88. The lowest BCUT2D eigenvalue weighted by Gasteiger charge is -2.21. The third kappa shape index (κ3) is 15.0. The molecule has 2 unspecified atom stereocenters. The van der Waals surface area contributed by atoms with E-state index < -0.39 is 12.1 Å². The summed E-state index contributed by atoms with van der Waals surface area (Å²) in [7, 11) is 0. The molecule has 0 aromatic rings. The van der Waals surface area contributed by atoms with Gasteiger partial charge in [-0.25, -0.2) is 0 Å². The number of rotatable bonds is 15. The Balaban J connectivity index is 4.31. The first-order chi connectivity index (χ1) is 14.0. The van der Waals surface area contributed by atoms with Crippen LogP contribution in [-0.2, 0) is 4.79 Å². The number of aliphatic hydroxyl groups excluding tert-OH is 1. The van der Waals surface area contributed by atoms with Crippen molar-refractivity contribution >= 4 is 17.7 Å². The molecule has 4 nitrogen and oxygen atoms in total. The number of allylic oxidation sites excluding steroid dienone is 6. The first kappa shape index (κ1) is 28.1. The molecule has 5 heteroatoms. The lowest BCUT2D eigenvalue weighted by atomic mass is 10.1. The molecule has 0 rings (SSSR count). The van der Waals surface area contributed by atoms with Crippen molar-refractivity contribution in [2.45, 2.75) is 79.3 Å². The molecule has 30 heavy (non-hydrogen) atoms. The molecule has 0 heterocycles. The summed E-state index contributed by atoms with van der Waals surface area (Å²) in [4.78, 5) is 12.2. The molecule has 0 fully saturated rings. The van der Waals surface area contributed by atoms with Crippen LogP contribution in [0.15, 0.2) is 59.6 Å². The minimum atomic E-state index is -0.461. The fourth-order valence-corrected chi connectivity index (χ4v) is 3.73. The zero-order valence-electron chi connectivity index (χ0n) is 19.8. The van der Waals surface area contributed by atoms with E-state index in [4.69, 9.17) is 0 Å². The maximum Gasteiger partial charge on any atom is 0.242 e. The van der Waals surface area contributed by atoms with E-state index in [9.17, 15) is 9.90 Å². The van der Waals surface area contributed by atoms with Crippen molar-refractivity contribution in [1.29, 1.82) is 0 Å². The summed E-state index contributed by atoms with van der Waals surface area (Å²) in [6, 6.07) is -0.869. The summed E-state index contributed by atoms with van der Waals surface area (Å²) in [5, 5.41) is 15.6. The Bertz CT molecular complexity index is 658. The quantitative estimate of drug-likeness (QED) is 0.163. The average molecular weight is 435 g/mol. The second kappa shape index (κ2) is 15.9. The molecule has 0 aliphatic carbocycles. The molecule has 1 amide bonds. The van der Waals surface area contributed by atoms with Gasteiger partial charge in [-0.15, -0.1) is 0 Å². The van der Waals surface area contributed by atoms with Crippen LogP contribution in [0.1, 0.15) is 67.2 Å². The monoisotopic (exact) mass is 434 g/mol. The predicted octanol–water partition coefficient (Wildman–Crippen LogP) is 6.21. The molecule has 0 bridgehead atoms. The number of amides is 1. The Kier molecular flexibility index (Phi) is 14.9. The van der Waals surface area contributed by atoms with Crippen LogP contribution in [0.5, 0.6) is 0 Å². The summed E-state index contributed by atoms with van der Waals surface area (Å²) in [5.41, 5.74) is 4.91. The molecule has 0 aliphatic rings. The molecular formula is C25H42N2O2S. The van der Waals surface area contributed by atoms with Crippen molar-refractivity contribution in [2.75, 3.05) is 11.5 Å². The molecule has 170 valence electrons. The average Bonchev–Trinajstić information content (AvgIpc) is 2.62. The SMILES string of the molecule is C=C(C)NC(C)C(=O)NC(CSC/C=C(\C)CC/C=C(\C)CCC=C(C)C)C(=C)O. The fraction of sp³-hybridized carbons (Fsp3) is 0.560. The number of carbonyl (C=O) groups excluding carboxylic acids is 1. The Morgan fingerprint density at radius 1 is 0.967 bits per heavy atom. The van der Waals surface area contributed by atoms with Gasteiger partial charge in [-0.3, -0.25) is 4.79 Å². The van der Waals surface area contributed by atoms with E-state index in [1.54, 1.807) is 25.6 Å². The van der Waals surface area contributed by atoms with E-state index in [1.807, 2.05) is 0 Å². The van der Waals surface area contributed by atoms with Crippen LogP contribution in [0.3, 0.4) is 0 Å². The van der Waals surface area contributed by atoms with E-state index in [0.717, 1.165) is 37.1 Å². The van der Waals surface area contributed by atoms with Gasteiger partial charge < -0.3 is 15.7 Å². The number of nitrogens with one attached hydrogen (secondary N) is 2. The molecule has 3 N–H and O–H groups in total. The van der Waals surface area contributed by atoms with Crippen molar-refractivity contribution in [1.82, 2.24) is 10.6 Å². The van der Waals surface area contributed by atoms with Crippen LogP contribution in [0, 0.1) is 0 Å². The van der Waals surface area contributed by atoms with Crippen LogP contribution in [0.4, 0.5) is 0 Å². The third-order valence-corrected chi connectivity index (χ3v) is 5.50. The Morgan fingerprint density at radius 3 is 2.07 bits per heavy atom. The van der Waals surface area contributed by atoms with Crippen LogP contribution in [0.2, 0.25) is 0 Å². The highest BCUT2D eigenvalue weighted by Gasteiger charge is 2.19. The number of carbonyl (C=O) groups is 1. The van der Waals surface area contributed by atoms with Crippen LogP contribution in [-0.4, -0.2) is 34.6 Å². The summed E-state index contributed by atoms with van der Waals surface area (Å²) in [6.07, 6.45) is 11.2. The Labute approximate surface area is 188 Å². The summed E-state index contributed by atoms with van der Waals surface area (Å²) < 4.78 is 0. The molecule has 0 aliphatic heterocycles. The summed E-state index contributed by atoms with van der Waals surface area (Å²) in [5.74, 6) is 1.22. The summed E-state index contributed by atoms with van der Waals surface area (Å²) >= 11 is 1.67. The molecule has 0 aromatic carbocycles. The van der Waals surface area contributed by atoms with Crippen molar-refractivity contribution < 1.29 is 9.90 Å². The zero-order chi connectivity index (χ0) is 23.1. The molecule has 0 spiro atoms. The predicted molar refractivity (Wildman–Crippen MR) is 134 cm³/mol. The topological polar surface area (TPSA) is 61.4 Å². The van der Waals surface area contributed by atoms with Crippen LogP contribution < -0.4 is 10.6 Å². The van der Waals surface area contributed by atoms with E-state index in [2.05, 4.69) is 69.7 Å². The van der Waals surface area contributed by atoms with Gasteiger partial charge in [-0.2, -0.15) is 11.8 Å². The largest absolute Gasteiger partial charge is 0.511 e. The van der Waals surface area contributed by atoms with Gasteiger partial charge in [0.05, 0.1) is 6.04 Å². The molecule has 2 atom stereocenters. The van der Waals surface area contributed by atoms with Gasteiger partial charge in [-0.1, -0.05) is 48.1 Å². The van der Waals surface area contributed by atoms with Crippen molar-refractivity contribution in [3.8, 4) is 0 Å². The number of hydrogen-bond donors (Lipinski definition) is 3. The normalized spacial score (nSPS) is 13.9. The lowest BCUT2D eigenvalue weighted by Crippen LogP contribution is -2.47. The van der Waals surface area contributed by atoms with Gasteiger partial charge in [0, 0.05) is 17.2 Å². The molecule has 0 saturated heterocycles. The molecule has 0 saturated carbocycles. The van der Waals surface area contributed by atoms with Gasteiger partial charge in [0.25, 0.3) is 0 Å². The van der Waals surface area contributed by atoms with Gasteiger partial charge in [0.1, 0.15) is 11.8 Å². The van der Waals surface area contributed by atoms with Crippen molar-refractivity contribution in [3.63, 3.8) is 0 Å². The first-order valence-corrected chi connectivity index (χ1v) is 11.8. The van der Waals surface area contributed by atoms with Gasteiger partial charge >= 0.3 is 0 Å².